The molecule has 10 heteroatoms. The summed E-state index contributed by atoms with van der Waals surface area (Å²) in [4.78, 5) is 0. The minimum atomic E-state index is -4.67. The van der Waals surface area contributed by atoms with E-state index in [1.807, 2.05) is 65.8 Å². The van der Waals surface area contributed by atoms with Crippen LogP contribution < -0.4 is 20.9 Å². The Bertz CT molecular complexity index is 1730. The van der Waals surface area contributed by atoms with Gasteiger partial charge in [0.1, 0.15) is 34.1 Å². The lowest BCUT2D eigenvalue weighted by Crippen LogP contribution is -2.31. The molecule has 0 spiro atoms. The molecule has 4 nitrogen and oxygen atoms in total. The van der Waals surface area contributed by atoms with Gasteiger partial charge in [0.15, 0.2) is 0 Å². The molecule has 0 saturated heterocycles. The molecule has 0 aromatic heterocycles. The Morgan fingerprint density at radius 1 is 0.480 bits per heavy atom. The van der Waals surface area contributed by atoms with Gasteiger partial charge in [-0.2, -0.15) is 26.3 Å². The Labute approximate surface area is 289 Å². The lowest BCUT2D eigenvalue weighted by molar-refractivity contribution is -0.139. The Hall–Kier alpha value is -4.34. The highest BCUT2D eigenvalue weighted by molar-refractivity contribution is 5.56. The molecule has 1 saturated carbocycles. The van der Waals surface area contributed by atoms with Gasteiger partial charge in [-0.15, -0.1) is 0 Å². The monoisotopic (exact) mass is 698 g/mol. The van der Waals surface area contributed by atoms with Gasteiger partial charge in [0.05, 0.1) is 0 Å². The van der Waals surface area contributed by atoms with Crippen LogP contribution in [0.4, 0.5) is 37.7 Å². The van der Waals surface area contributed by atoms with Crippen LogP contribution in [0, 0.1) is 0 Å². The number of nitrogen functional groups attached to an aromatic ring is 2. The summed E-state index contributed by atoms with van der Waals surface area (Å²) in [6, 6.07) is 18.4. The Kier molecular flexibility index (Phi) is 9.66. The topological polar surface area (TPSA) is 70.5 Å². The Morgan fingerprint density at radius 3 is 1.16 bits per heavy atom. The molecule has 1 fully saturated rings. The molecule has 5 rings (SSSR count). The summed E-state index contributed by atoms with van der Waals surface area (Å²) >= 11 is 0. The number of anilines is 2. The van der Waals surface area contributed by atoms with Crippen molar-refractivity contribution in [2.24, 2.45) is 0 Å². The number of halogens is 6. The summed E-state index contributed by atoms with van der Waals surface area (Å²) in [5, 5.41) is 0. The molecule has 268 valence electrons. The van der Waals surface area contributed by atoms with Gasteiger partial charge in [-0.25, -0.2) is 0 Å². The quantitative estimate of drug-likeness (QED) is 0.155. The van der Waals surface area contributed by atoms with Crippen LogP contribution in [0.1, 0.15) is 107 Å². The number of alkyl halides is 6. The number of ether oxygens (including phenoxy) is 2. The van der Waals surface area contributed by atoms with Gasteiger partial charge in [-0.1, -0.05) is 85.1 Å². The van der Waals surface area contributed by atoms with Gasteiger partial charge in [-0.05, 0) is 83.3 Å². The fraction of sp³-hybridized carbons (Fsp3) is 0.400. The van der Waals surface area contributed by atoms with E-state index in [4.69, 9.17) is 20.9 Å². The second-order valence-electron chi connectivity index (χ2n) is 15.3. The molecule has 0 unspecified atom stereocenters. The van der Waals surface area contributed by atoms with Gasteiger partial charge in [0.2, 0.25) is 0 Å². The number of hydrogen-bond acceptors (Lipinski definition) is 4. The van der Waals surface area contributed by atoms with Gasteiger partial charge in [0, 0.05) is 27.9 Å². The first-order valence-electron chi connectivity index (χ1n) is 16.7. The minimum Gasteiger partial charge on any atom is -0.456 e. The first-order valence-corrected chi connectivity index (χ1v) is 16.7. The lowest BCUT2D eigenvalue weighted by atomic mass is 9.64. The molecule has 4 aromatic carbocycles. The van der Waals surface area contributed by atoms with Crippen molar-refractivity contribution in [3.05, 3.63) is 106 Å². The normalized spacial score (nSPS) is 15.5. The molecule has 1 aliphatic carbocycles. The summed E-state index contributed by atoms with van der Waals surface area (Å²) in [6.45, 7) is 11.9. The molecule has 4 N–H and O–H groups in total. The van der Waals surface area contributed by atoms with Crippen molar-refractivity contribution in [2.45, 2.75) is 102 Å². The van der Waals surface area contributed by atoms with Gasteiger partial charge < -0.3 is 20.9 Å². The second-order valence-corrected chi connectivity index (χ2v) is 15.3. The van der Waals surface area contributed by atoms with E-state index in [0.717, 1.165) is 66.5 Å². The predicted octanol–water partition coefficient (Wildman–Crippen LogP) is 12.3. The van der Waals surface area contributed by atoms with Gasteiger partial charge in [-0.3, -0.25) is 0 Å². The zero-order valence-electron chi connectivity index (χ0n) is 29.2. The predicted molar refractivity (Wildman–Crippen MR) is 186 cm³/mol. The number of benzene rings is 4. The lowest BCUT2D eigenvalue weighted by Gasteiger charge is -2.40. The largest absolute Gasteiger partial charge is 0.456 e. The Balaban J connectivity index is 1.63. The maximum absolute atomic E-state index is 14.0. The van der Waals surface area contributed by atoms with Gasteiger partial charge >= 0.3 is 12.4 Å². The molecule has 0 bridgehead atoms. The molecule has 0 radical (unpaired) electrons. The second kappa shape index (κ2) is 13.1. The summed E-state index contributed by atoms with van der Waals surface area (Å²) in [7, 11) is 0. The van der Waals surface area contributed by atoms with Crippen molar-refractivity contribution in [1.82, 2.24) is 0 Å². The van der Waals surface area contributed by atoms with E-state index in [0.29, 0.717) is 11.5 Å². The first-order chi connectivity index (χ1) is 23.1. The van der Waals surface area contributed by atoms with Crippen LogP contribution >= 0.6 is 0 Å². The van der Waals surface area contributed by atoms with Crippen molar-refractivity contribution < 1.29 is 35.8 Å². The third kappa shape index (κ3) is 7.69. The maximum atomic E-state index is 14.0. The average molecular weight is 699 g/mol. The van der Waals surface area contributed by atoms with E-state index in [-0.39, 0.29) is 22.9 Å². The fourth-order valence-electron chi connectivity index (χ4n) is 6.86. The molecule has 0 atom stereocenters. The highest BCUT2D eigenvalue weighted by atomic mass is 19.4. The molecule has 50 heavy (non-hydrogen) atoms. The summed E-state index contributed by atoms with van der Waals surface area (Å²) in [6.07, 6.45) is -4.75. The first kappa shape index (κ1) is 36.9. The molecule has 0 aliphatic heterocycles. The SMILES string of the molecule is CC(C)(C)c1cc(C2(c3ccc(Oc4ccc(N)cc4C(F)(F)F)c(C(C)(C)C)c3)CCCCC2)ccc1Oc1ccc(N)cc1C(F)(F)F. The molecule has 0 amide bonds. The van der Waals surface area contributed by atoms with Crippen molar-refractivity contribution in [2.75, 3.05) is 11.5 Å². The molecule has 4 aromatic rings. The molecular weight excluding hydrogens is 654 g/mol. The van der Waals surface area contributed by atoms with Crippen LogP contribution in [0.5, 0.6) is 23.0 Å². The van der Waals surface area contributed by atoms with Crippen molar-refractivity contribution in [1.29, 1.82) is 0 Å². The summed E-state index contributed by atoms with van der Waals surface area (Å²) in [5.41, 5.74) is 11.4. The number of nitrogens with two attached hydrogens (primary N) is 2. The van der Waals surface area contributed by atoms with Crippen molar-refractivity contribution >= 4 is 11.4 Å². The van der Waals surface area contributed by atoms with E-state index in [1.54, 1.807) is 12.1 Å². The van der Waals surface area contributed by atoms with Crippen molar-refractivity contribution in [3.63, 3.8) is 0 Å². The third-order valence-corrected chi connectivity index (χ3v) is 9.45. The summed E-state index contributed by atoms with van der Waals surface area (Å²) in [5.74, 6) is -0.0498. The van der Waals surface area contributed by atoms with Crippen LogP contribution in [-0.4, -0.2) is 0 Å². The van der Waals surface area contributed by atoms with Crippen LogP contribution in [-0.2, 0) is 28.6 Å². The third-order valence-electron chi connectivity index (χ3n) is 9.45. The molecular formula is C40H44F6N2O2. The van der Waals surface area contributed by atoms with E-state index in [1.165, 1.54) is 24.3 Å². The van der Waals surface area contributed by atoms with Crippen LogP contribution in [0.15, 0.2) is 72.8 Å². The van der Waals surface area contributed by atoms with Crippen LogP contribution in [0.3, 0.4) is 0 Å². The highest BCUT2D eigenvalue weighted by Gasteiger charge is 2.40. The number of rotatable bonds is 6. The Morgan fingerprint density at radius 2 is 0.820 bits per heavy atom. The van der Waals surface area contributed by atoms with E-state index in [2.05, 4.69) is 0 Å². The zero-order chi connectivity index (χ0) is 36.9. The fourth-order valence-corrected chi connectivity index (χ4v) is 6.86. The van der Waals surface area contributed by atoms with E-state index in [9.17, 15) is 26.3 Å². The molecule has 1 aliphatic rings. The minimum absolute atomic E-state index is 0.0180. The van der Waals surface area contributed by atoms with E-state index >= 15 is 0 Å². The average Bonchev–Trinajstić information content (AvgIpc) is 3.01. The van der Waals surface area contributed by atoms with Gasteiger partial charge in [0.25, 0.3) is 0 Å². The van der Waals surface area contributed by atoms with Crippen LogP contribution in [0.2, 0.25) is 0 Å². The van der Waals surface area contributed by atoms with E-state index < -0.39 is 39.7 Å². The maximum Gasteiger partial charge on any atom is 0.420 e. The molecule has 0 heterocycles. The van der Waals surface area contributed by atoms with Crippen LogP contribution in [0.25, 0.3) is 0 Å². The zero-order valence-corrected chi connectivity index (χ0v) is 29.2. The smallest absolute Gasteiger partial charge is 0.420 e. The summed E-state index contributed by atoms with van der Waals surface area (Å²) < 4.78 is 95.8. The standard InChI is InChI=1S/C40H44F6N2O2/c1-36(2,3)28-20-24(10-14-32(28)49-34-16-12-26(47)22-30(34)39(41,42)43)38(18-8-7-9-19-38)25-11-15-33(29(21-25)37(4,5)6)50-35-17-13-27(48)23-31(35)40(44,45)46/h10-17,20-23H,7-9,18-19,47-48H2,1-6H3. The highest BCUT2D eigenvalue weighted by Crippen LogP contribution is 2.50. The van der Waals surface area contributed by atoms with Crippen molar-refractivity contribution in [3.8, 4) is 23.0 Å². The number of hydrogen-bond donors (Lipinski definition) is 2.